The van der Waals surface area contributed by atoms with Crippen LogP contribution in [0.5, 0.6) is 0 Å². The lowest BCUT2D eigenvalue weighted by molar-refractivity contribution is -0.134. The normalized spacial score (nSPS) is 12.0. The van der Waals surface area contributed by atoms with Crippen LogP contribution in [-0.4, -0.2) is 5.78 Å². The first-order valence-corrected chi connectivity index (χ1v) is 5.32. The summed E-state index contributed by atoms with van der Waals surface area (Å²) >= 11 is 0.613. The highest BCUT2D eigenvalue weighted by Gasteiger charge is 2.33. The van der Waals surface area contributed by atoms with Gasteiger partial charge in [-0.2, -0.15) is 13.2 Å². The lowest BCUT2D eigenvalue weighted by Gasteiger charge is -2.00. The second-order valence-electron chi connectivity index (χ2n) is 3.39. The summed E-state index contributed by atoms with van der Waals surface area (Å²) in [5.41, 5.74) is 0.345. The first kappa shape index (κ1) is 11.1. The van der Waals surface area contributed by atoms with Crippen LogP contribution in [0, 0.1) is 0 Å². The van der Waals surface area contributed by atoms with E-state index in [-0.39, 0.29) is 5.78 Å². The Kier molecular flexibility index (Phi) is 2.50. The molecule has 2 aromatic rings. The van der Waals surface area contributed by atoms with Gasteiger partial charge >= 0.3 is 6.18 Å². The number of alkyl halides is 3. The zero-order valence-corrected chi connectivity index (χ0v) is 9.08. The van der Waals surface area contributed by atoms with E-state index in [1.54, 1.807) is 18.2 Å². The van der Waals surface area contributed by atoms with Crippen LogP contribution in [-0.2, 0) is 6.18 Å². The lowest BCUT2D eigenvalue weighted by atomic mass is 10.1. The van der Waals surface area contributed by atoms with E-state index in [1.165, 1.54) is 6.92 Å². The van der Waals surface area contributed by atoms with Gasteiger partial charge in [-0.15, -0.1) is 11.3 Å². The summed E-state index contributed by atoms with van der Waals surface area (Å²) < 4.78 is 37.9. The van der Waals surface area contributed by atoms with Gasteiger partial charge in [-0.3, -0.25) is 4.79 Å². The van der Waals surface area contributed by atoms with Gasteiger partial charge in [0.15, 0.2) is 5.78 Å². The van der Waals surface area contributed by atoms with E-state index in [4.69, 9.17) is 0 Å². The maximum Gasteiger partial charge on any atom is 0.425 e. The maximum absolute atomic E-state index is 12.5. The third kappa shape index (κ3) is 1.82. The highest BCUT2D eigenvalue weighted by atomic mass is 32.1. The maximum atomic E-state index is 12.5. The van der Waals surface area contributed by atoms with E-state index in [0.29, 0.717) is 27.0 Å². The van der Waals surface area contributed by atoms with Crippen LogP contribution in [0.2, 0.25) is 0 Å². The molecule has 0 saturated carbocycles. The molecule has 0 aliphatic rings. The molecule has 5 heteroatoms. The molecule has 16 heavy (non-hydrogen) atoms. The number of hydrogen-bond acceptors (Lipinski definition) is 2. The second-order valence-corrected chi connectivity index (χ2v) is 4.44. The molecule has 2 rings (SSSR count). The number of ketones is 1. The molecule has 84 valence electrons. The molecule has 0 radical (unpaired) electrons. The van der Waals surface area contributed by atoms with Gasteiger partial charge in [0.05, 0.1) is 0 Å². The standard InChI is InChI=1S/C11H7F3OS/c1-6(15)8-4-2-3-7-5-9(11(12,13)14)16-10(7)8/h2-5H,1H3. The Balaban J connectivity index is 2.71. The van der Waals surface area contributed by atoms with Gasteiger partial charge < -0.3 is 0 Å². The Bertz CT molecular complexity index is 554. The number of rotatable bonds is 1. The van der Waals surface area contributed by atoms with E-state index < -0.39 is 11.1 Å². The number of thiophene rings is 1. The number of Topliss-reactive ketones (excluding diaryl/α,β-unsaturated/α-hetero) is 1. The smallest absolute Gasteiger partial charge is 0.294 e. The van der Waals surface area contributed by atoms with Gasteiger partial charge in [-0.05, 0) is 24.4 Å². The van der Waals surface area contributed by atoms with Crippen LogP contribution in [0.1, 0.15) is 22.2 Å². The monoisotopic (exact) mass is 244 g/mol. The summed E-state index contributed by atoms with van der Waals surface area (Å²) in [7, 11) is 0. The molecule has 1 nitrogen and oxygen atoms in total. The second kappa shape index (κ2) is 3.59. The molecule has 0 atom stereocenters. The molecular weight excluding hydrogens is 237 g/mol. The van der Waals surface area contributed by atoms with Gasteiger partial charge in [0.25, 0.3) is 0 Å². The zero-order valence-electron chi connectivity index (χ0n) is 8.26. The lowest BCUT2D eigenvalue weighted by Crippen LogP contribution is -2.00. The number of benzene rings is 1. The van der Waals surface area contributed by atoms with Crippen molar-refractivity contribution in [2.75, 3.05) is 0 Å². The van der Waals surface area contributed by atoms with E-state index in [2.05, 4.69) is 0 Å². The summed E-state index contributed by atoms with van der Waals surface area (Å²) in [6.07, 6.45) is -4.35. The van der Waals surface area contributed by atoms with E-state index in [0.717, 1.165) is 6.07 Å². The Labute approximate surface area is 93.5 Å². The SMILES string of the molecule is CC(=O)c1cccc2cc(C(F)(F)F)sc12. The molecule has 0 unspecified atom stereocenters. The molecule has 0 spiro atoms. The topological polar surface area (TPSA) is 17.1 Å². The highest BCUT2D eigenvalue weighted by Crippen LogP contribution is 2.39. The van der Waals surface area contributed by atoms with Crippen LogP contribution in [0.25, 0.3) is 10.1 Å². The van der Waals surface area contributed by atoms with Crippen LogP contribution in [0.15, 0.2) is 24.3 Å². The van der Waals surface area contributed by atoms with Crippen molar-refractivity contribution in [2.45, 2.75) is 13.1 Å². The quantitative estimate of drug-likeness (QED) is 0.689. The molecule has 1 aromatic heterocycles. The fourth-order valence-electron chi connectivity index (χ4n) is 1.48. The van der Waals surface area contributed by atoms with E-state index in [9.17, 15) is 18.0 Å². The first-order valence-electron chi connectivity index (χ1n) is 4.50. The summed E-state index contributed by atoms with van der Waals surface area (Å²) in [6, 6.07) is 5.78. The van der Waals surface area contributed by atoms with Crippen LogP contribution >= 0.6 is 11.3 Å². The molecule has 1 aromatic carbocycles. The summed E-state index contributed by atoms with van der Waals surface area (Å²) in [6.45, 7) is 1.35. The van der Waals surface area contributed by atoms with Crippen LogP contribution in [0.4, 0.5) is 13.2 Å². The van der Waals surface area contributed by atoms with Crippen LogP contribution in [0.3, 0.4) is 0 Å². The van der Waals surface area contributed by atoms with Crippen molar-refractivity contribution >= 4 is 27.2 Å². The largest absolute Gasteiger partial charge is 0.425 e. The van der Waals surface area contributed by atoms with Gasteiger partial charge in [-0.25, -0.2) is 0 Å². The first-order chi connectivity index (χ1) is 7.39. The minimum atomic E-state index is -4.35. The predicted octanol–water partition coefficient (Wildman–Crippen LogP) is 4.12. The molecule has 0 N–H and O–H groups in total. The van der Waals surface area contributed by atoms with Crippen molar-refractivity contribution in [3.8, 4) is 0 Å². The average Bonchev–Trinajstić information content (AvgIpc) is 2.59. The predicted molar refractivity (Wildman–Crippen MR) is 56.8 cm³/mol. The molecule has 0 fully saturated rings. The summed E-state index contributed by atoms with van der Waals surface area (Å²) in [5, 5.41) is 0.463. The van der Waals surface area contributed by atoms with E-state index in [1.807, 2.05) is 0 Å². The summed E-state index contributed by atoms with van der Waals surface area (Å²) in [4.78, 5) is 10.6. The van der Waals surface area contributed by atoms with Crippen molar-refractivity contribution in [1.82, 2.24) is 0 Å². The number of hydrogen-bond donors (Lipinski definition) is 0. The molecule has 0 saturated heterocycles. The fraction of sp³-hybridized carbons (Fsp3) is 0.182. The summed E-state index contributed by atoms with van der Waals surface area (Å²) in [5.74, 6) is -0.221. The number of carbonyl (C=O) groups is 1. The third-order valence-corrected chi connectivity index (χ3v) is 3.43. The van der Waals surface area contributed by atoms with Gasteiger partial charge in [0.2, 0.25) is 0 Å². The Morgan fingerprint density at radius 1 is 1.31 bits per heavy atom. The van der Waals surface area contributed by atoms with Gasteiger partial charge in [0, 0.05) is 10.3 Å². The van der Waals surface area contributed by atoms with Crippen molar-refractivity contribution in [3.63, 3.8) is 0 Å². The van der Waals surface area contributed by atoms with Crippen molar-refractivity contribution in [2.24, 2.45) is 0 Å². The number of halogens is 3. The van der Waals surface area contributed by atoms with Crippen molar-refractivity contribution in [1.29, 1.82) is 0 Å². The van der Waals surface area contributed by atoms with E-state index >= 15 is 0 Å². The Morgan fingerprint density at radius 2 is 2.00 bits per heavy atom. The molecule has 0 amide bonds. The van der Waals surface area contributed by atoms with Gasteiger partial charge in [-0.1, -0.05) is 12.1 Å². The highest BCUT2D eigenvalue weighted by molar-refractivity contribution is 7.19. The third-order valence-electron chi connectivity index (χ3n) is 2.20. The van der Waals surface area contributed by atoms with Crippen molar-refractivity contribution in [3.05, 3.63) is 34.7 Å². The minimum absolute atomic E-state index is 0.221. The molecule has 1 heterocycles. The number of carbonyl (C=O) groups excluding carboxylic acids is 1. The molecular formula is C11H7F3OS. The van der Waals surface area contributed by atoms with Crippen LogP contribution < -0.4 is 0 Å². The zero-order chi connectivity index (χ0) is 11.9. The Morgan fingerprint density at radius 3 is 2.56 bits per heavy atom. The van der Waals surface area contributed by atoms with Gasteiger partial charge in [0.1, 0.15) is 4.88 Å². The Hall–Kier alpha value is -1.36. The average molecular weight is 244 g/mol. The fourth-order valence-corrected chi connectivity index (χ4v) is 2.57. The molecule has 0 aliphatic heterocycles. The van der Waals surface area contributed by atoms with Crippen molar-refractivity contribution < 1.29 is 18.0 Å². The minimum Gasteiger partial charge on any atom is -0.294 e. The molecule has 0 aliphatic carbocycles. The number of fused-ring (bicyclic) bond motifs is 1. The molecule has 0 bridgehead atoms.